The predicted molar refractivity (Wildman–Crippen MR) is 68.3 cm³/mol. The van der Waals surface area contributed by atoms with Crippen LogP contribution < -0.4 is 4.72 Å². The number of rotatable bonds is 5. The van der Waals surface area contributed by atoms with E-state index in [0.717, 1.165) is 0 Å². The highest BCUT2D eigenvalue weighted by molar-refractivity contribution is 7.89. The van der Waals surface area contributed by atoms with Gasteiger partial charge in [0.1, 0.15) is 11.0 Å². The van der Waals surface area contributed by atoms with Crippen molar-refractivity contribution in [1.29, 1.82) is 5.26 Å². The van der Waals surface area contributed by atoms with Gasteiger partial charge < -0.3 is 0 Å². The van der Waals surface area contributed by atoms with E-state index in [1.807, 2.05) is 20.8 Å². The largest absolute Gasteiger partial charge is 0.244 e. The Balaban J connectivity index is 3.20. The van der Waals surface area contributed by atoms with Gasteiger partial charge in [0.25, 0.3) is 0 Å². The molecule has 98 valence electrons. The molecule has 1 rings (SSSR count). The molecule has 0 saturated heterocycles. The number of aromatic nitrogens is 1. The Kier molecular flexibility index (Phi) is 4.43. The van der Waals surface area contributed by atoms with Crippen LogP contribution in [0, 0.1) is 11.3 Å². The molecule has 0 saturated carbocycles. The third-order valence-corrected chi connectivity index (χ3v) is 4.78. The minimum atomic E-state index is -3.72. The van der Waals surface area contributed by atoms with Crippen LogP contribution in [-0.4, -0.2) is 18.9 Å². The van der Waals surface area contributed by atoms with Crippen LogP contribution in [0.3, 0.4) is 0 Å². The number of hydrogen-bond donors (Lipinski definition) is 1. The molecule has 1 N–H and O–H groups in total. The van der Waals surface area contributed by atoms with E-state index in [1.54, 1.807) is 6.07 Å². The fraction of sp³-hybridized carbons (Fsp3) is 0.500. The molecule has 0 aliphatic rings. The molecule has 0 aliphatic heterocycles. The lowest BCUT2D eigenvalue weighted by atomic mass is 9.98. The lowest BCUT2D eigenvalue weighted by Gasteiger charge is -2.27. The SMILES string of the molecule is CCC(C)(CC)NS(=O)(=O)c1cccnc1C#N. The Hall–Kier alpha value is -1.45. The Labute approximate surface area is 108 Å². The Bertz CT molecular complexity index is 557. The van der Waals surface area contributed by atoms with Gasteiger partial charge in [-0.05, 0) is 31.9 Å². The molecule has 0 unspecified atom stereocenters. The maximum Gasteiger partial charge on any atom is 0.243 e. The van der Waals surface area contributed by atoms with Crippen molar-refractivity contribution in [2.75, 3.05) is 0 Å². The van der Waals surface area contributed by atoms with E-state index in [9.17, 15) is 8.42 Å². The average Bonchev–Trinajstić information content (AvgIpc) is 2.38. The molecule has 0 fully saturated rings. The highest BCUT2D eigenvalue weighted by Gasteiger charge is 2.29. The third-order valence-electron chi connectivity index (χ3n) is 3.11. The number of hydrogen-bond acceptors (Lipinski definition) is 4. The monoisotopic (exact) mass is 267 g/mol. The summed E-state index contributed by atoms with van der Waals surface area (Å²) >= 11 is 0. The van der Waals surface area contributed by atoms with Crippen LogP contribution in [-0.2, 0) is 10.0 Å². The van der Waals surface area contributed by atoms with Crippen molar-refractivity contribution in [2.45, 2.75) is 44.0 Å². The normalized spacial score (nSPS) is 12.1. The summed E-state index contributed by atoms with van der Waals surface area (Å²) in [6.45, 7) is 5.67. The summed E-state index contributed by atoms with van der Waals surface area (Å²) in [5, 5.41) is 8.89. The number of pyridine rings is 1. The number of sulfonamides is 1. The minimum absolute atomic E-state index is 0.0689. The van der Waals surface area contributed by atoms with Crippen LogP contribution in [0.2, 0.25) is 0 Å². The van der Waals surface area contributed by atoms with Gasteiger partial charge in [0.15, 0.2) is 5.69 Å². The Morgan fingerprint density at radius 1 is 1.44 bits per heavy atom. The van der Waals surface area contributed by atoms with E-state index in [1.165, 1.54) is 18.3 Å². The van der Waals surface area contributed by atoms with Crippen molar-refractivity contribution in [3.8, 4) is 6.07 Å². The third kappa shape index (κ3) is 3.06. The second-order valence-corrected chi connectivity index (χ2v) is 5.99. The topological polar surface area (TPSA) is 82.8 Å². The van der Waals surface area contributed by atoms with Crippen molar-refractivity contribution >= 4 is 10.0 Å². The van der Waals surface area contributed by atoms with Crippen molar-refractivity contribution in [1.82, 2.24) is 9.71 Å². The fourth-order valence-corrected chi connectivity index (χ4v) is 3.12. The maximum atomic E-state index is 12.2. The van der Waals surface area contributed by atoms with Gasteiger partial charge in [-0.2, -0.15) is 5.26 Å². The van der Waals surface area contributed by atoms with Gasteiger partial charge >= 0.3 is 0 Å². The van der Waals surface area contributed by atoms with Gasteiger partial charge in [-0.1, -0.05) is 13.8 Å². The van der Waals surface area contributed by atoms with Gasteiger partial charge in [-0.3, -0.25) is 0 Å². The molecular weight excluding hydrogens is 250 g/mol. The summed E-state index contributed by atoms with van der Waals surface area (Å²) in [5.74, 6) is 0. The van der Waals surface area contributed by atoms with Crippen LogP contribution in [0.25, 0.3) is 0 Å². The molecule has 0 atom stereocenters. The quantitative estimate of drug-likeness (QED) is 0.882. The molecule has 1 aromatic rings. The van der Waals surface area contributed by atoms with Crippen LogP contribution in [0.4, 0.5) is 0 Å². The summed E-state index contributed by atoms with van der Waals surface area (Å²) in [4.78, 5) is 3.70. The lowest BCUT2D eigenvalue weighted by Crippen LogP contribution is -2.45. The van der Waals surface area contributed by atoms with Crippen LogP contribution in [0.1, 0.15) is 39.3 Å². The number of nitriles is 1. The summed E-state index contributed by atoms with van der Waals surface area (Å²) in [7, 11) is -3.72. The molecule has 18 heavy (non-hydrogen) atoms. The molecule has 6 heteroatoms. The minimum Gasteiger partial charge on any atom is -0.244 e. The zero-order chi connectivity index (χ0) is 13.8. The smallest absolute Gasteiger partial charge is 0.243 e. The van der Waals surface area contributed by atoms with Gasteiger partial charge in [-0.25, -0.2) is 18.1 Å². The molecule has 0 spiro atoms. The van der Waals surface area contributed by atoms with E-state index in [4.69, 9.17) is 5.26 Å². The van der Waals surface area contributed by atoms with Gasteiger partial charge in [-0.15, -0.1) is 0 Å². The predicted octanol–water partition coefficient (Wildman–Crippen LogP) is 1.81. The molecule has 5 nitrogen and oxygen atoms in total. The Morgan fingerprint density at radius 3 is 2.56 bits per heavy atom. The van der Waals surface area contributed by atoms with E-state index >= 15 is 0 Å². The lowest BCUT2D eigenvalue weighted by molar-refractivity contribution is 0.388. The highest BCUT2D eigenvalue weighted by atomic mass is 32.2. The zero-order valence-corrected chi connectivity index (χ0v) is 11.6. The maximum absolute atomic E-state index is 12.2. The highest BCUT2D eigenvalue weighted by Crippen LogP contribution is 2.20. The van der Waals surface area contributed by atoms with E-state index in [2.05, 4.69) is 9.71 Å². The summed E-state index contributed by atoms with van der Waals surface area (Å²) in [6.07, 6.45) is 2.74. The molecule has 1 heterocycles. The first kappa shape index (κ1) is 14.6. The summed E-state index contributed by atoms with van der Waals surface area (Å²) in [5.41, 5.74) is -0.596. The molecule has 0 aliphatic carbocycles. The average molecular weight is 267 g/mol. The molecule has 1 aromatic heterocycles. The molecule has 0 amide bonds. The number of nitrogens with one attached hydrogen (secondary N) is 1. The fourth-order valence-electron chi connectivity index (χ4n) is 1.47. The van der Waals surface area contributed by atoms with E-state index in [-0.39, 0.29) is 10.6 Å². The molecule has 0 aromatic carbocycles. The van der Waals surface area contributed by atoms with Crippen molar-refractivity contribution in [3.63, 3.8) is 0 Å². The number of nitrogens with zero attached hydrogens (tertiary/aromatic N) is 2. The second-order valence-electron chi connectivity index (χ2n) is 4.34. The summed E-state index contributed by atoms with van der Waals surface area (Å²) < 4.78 is 27.1. The summed E-state index contributed by atoms with van der Waals surface area (Å²) in [6, 6.07) is 4.69. The van der Waals surface area contributed by atoms with Crippen LogP contribution >= 0.6 is 0 Å². The first-order chi connectivity index (χ1) is 8.38. The Morgan fingerprint density at radius 2 is 2.06 bits per heavy atom. The molecule has 0 bridgehead atoms. The van der Waals surface area contributed by atoms with Crippen LogP contribution in [0.5, 0.6) is 0 Å². The first-order valence-electron chi connectivity index (χ1n) is 5.77. The molecular formula is C12H17N3O2S. The second kappa shape index (κ2) is 5.46. The standard InChI is InChI=1S/C12H17N3O2S/c1-4-12(3,5-2)15-18(16,17)11-7-6-8-14-10(11)9-13/h6-8,15H,4-5H2,1-3H3. The van der Waals surface area contributed by atoms with Gasteiger partial charge in [0.05, 0.1) is 0 Å². The van der Waals surface area contributed by atoms with E-state index in [0.29, 0.717) is 12.8 Å². The molecule has 0 radical (unpaired) electrons. The van der Waals surface area contributed by atoms with Crippen molar-refractivity contribution in [2.24, 2.45) is 0 Å². The first-order valence-corrected chi connectivity index (χ1v) is 7.26. The van der Waals surface area contributed by atoms with Crippen LogP contribution in [0.15, 0.2) is 23.2 Å². The van der Waals surface area contributed by atoms with Crippen molar-refractivity contribution < 1.29 is 8.42 Å². The zero-order valence-electron chi connectivity index (χ0n) is 10.8. The van der Waals surface area contributed by atoms with E-state index < -0.39 is 15.6 Å². The van der Waals surface area contributed by atoms with Gasteiger partial charge in [0, 0.05) is 11.7 Å². The van der Waals surface area contributed by atoms with Crippen molar-refractivity contribution in [3.05, 3.63) is 24.0 Å². The van der Waals surface area contributed by atoms with Gasteiger partial charge in [0.2, 0.25) is 10.0 Å².